The van der Waals surface area contributed by atoms with Crippen molar-refractivity contribution >= 4 is 5.78 Å². The van der Waals surface area contributed by atoms with Gasteiger partial charge in [-0.05, 0) is 38.0 Å². The van der Waals surface area contributed by atoms with Crippen LogP contribution < -0.4 is 0 Å². The molecule has 110 valence electrons. The van der Waals surface area contributed by atoms with Crippen molar-refractivity contribution in [2.45, 2.75) is 38.3 Å². The molecule has 0 heterocycles. The molecule has 3 nitrogen and oxygen atoms in total. The Labute approximate surface area is 117 Å². The van der Waals surface area contributed by atoms with Gasteiger partial charge >= 0.3 is 0 Å². The van der Waals surface area contributed by atoms with Crippen LogP contribution in [0.5, 0.6) is 0 Å². The van der Waals surface area contributed by atoms with Crippen LogP contribution in [0.3, 0.4) is 0 Å². The summed E-state index contributed by atoms with van der Waals surface area (Å²) < 4.78 is 26.1. The first kappa shape index (κ1) is 15.1. The molecule has 0 spiro atoms. The third-order valence-corrected chi connectivity index (χ3v) is 3.98. The molecule has 1 unspecified atom stereocenters. The smallest absolute Gasteiger partial charge is 0.179 e. The number of carbonyl (C=O) groups is 1. The average molecular weight is 283 g/mol. The number of aliphatic hydroxyl groups excluding tert-OH is 1. The van der Waals surface area contributed by atoms with E-state index >= 15 is 0 Å². The molecule has 1 atom stereocenters. The molecule has 1 aromatic carbocycles. The number of rotatable bonds is 6. The highest BCUT2D eigenvalue weighted by molar-refractivity contribution is 5.99. The van der Waals surface area contributed by atoms with Crippen LogP contribution >= 0.6 is 0 Å². The van der Waals surface area contributed by atoms with Gasteiger partial charge in [0.25, 0.3) is 0 Å². The van der Waals surface area contributed by atoms with Crippen LogP contribution in [0.1, 0.15) is 36.5 Å². The van der Waals surface area contributed by atoms with Crippen LogP contribution in [0, 0.1) is 11.6 Å². The van der Waals surface area contributed by atoms with Crippen LogP contribution in [0.2, 0.25) is 0 Å². The molecule has 2 rings (SSSR count). The Balaban J connectivity index is 2.14. The lowest BCUT2D eigenvalue weighted by Crippen LogP contribution is -2.49. The highest BCUT2D eigenvalue weighted by Gasteiger charge is 2.31. The Morgan fingerprint density at radius 1 is 1.40 bits per heavy atom. The summed E-state index contributed by atoms with van der Waals surface area (Å²) in [5.41, 5.74) is 0.165. The zero-order chi connectivity index (χ0) is 14.7. The Bertz CT molecular complexity index is 489. The number of ketones is 1. The molecule has 1 saturated carbocycles. The second-order valence-corrected chi connectivity index (χ2v) is 5.22. The summed E-state index contributed by atoms with van der Waals surface area (Å²) in [5.74, 6) is -2.22. The lowest BCUT2D eigenvalue weighted by Gasteiger charge is -2.40. The minimum atomic E-state index is -1.01. The fourth-order valence-corrected chi connectivity index (χ4v) is 2.57. The van der Waals surface area contributed by atoms with E-state index in [0.717, 1.165) is 31.4 Å². The van der Waals surface area contributed by atoms with Crippen molar-refractivity contribution in [3.8, 4) is 0 Å². The summed E-state index contributed by atoms with van der Waals surface area (Å²) in [7, 11) is 0. The molecule has 0 radical (unpaired) electrons. The zero-order valence-corrected chi connectivity index (χ0v) is 11.5. The molecule has 1 N–H and O–H groups in total. The van der Waals surface area contributed by atoms with E-state index < -0.39 is 17.7 Å². The SMILES string of the molecule is CC(C(=O)c1ccc(F)c(F)c1)N(CCO)C1CCC1. The van der Waals surface area contributed by atoms with Crippen molar-refractivity contribution in [1.29, 1.82) is 0 Å². The van der Waals surface area contributed by atoms with Crippen molar-refractivity contribution in [2.75, 3.05) is 13.2 Å². The molecule has 1 aromatic rings. The summed E-state index contributed by atoms with van der Waals surface area (Å²) in [6.45, 7) is 2.14. The molecule has 0 amide bonds. The lowest BCUT2D eigenvalue weighted by molar-refractivity contribution is 0.0528. The van der Waals surface area contributed by atoms with Crippen molar-refractivity contribution in [3.63, 3.8) is 0 Å². The van der Waals surface area contributed by atoms with Gasteiger partial charge in [0.05, 0.1) is 12.6 Å². The van der Waals surface area contributed by atoms with E-state index in [2.05, 4.69) is 0 Å². The van der Waals surface area contributed by atoms with E-state index in [9.17, 15) is 13.6 Å². The van der Waals surface area contributed by atoms with Gasteiger partial charge in [-0.2, -0.15) is 0 Å². The lowest BCUT2D eigenvalue weighted by atomic mass is 9.89. The molecule has 1 fully saturated rings. The normalized spacial score (nSPS) is 17.1. The first-order chi connectivity index (χ1) is 9.54. The van der Waals surface area contributed by atoms with Gasteiger partial charge in [-0.3, -0.25) is 9.69 Å². The van der Waals surface area contributed by atoms with Gasteiger partial charge in [-0.25, -0.2) is 8.78 Å². The predicted octanol–water partition coefficient (Wildman–Crippen LogP) is 2.38. The van der Waals surface area contributed by atoms with Crippen molar-refractivity contribution in [2.24, 2.45) is 0 Å². The monoisotopic (exact) mass is 283 g/mol. The molecule has 1 aliphatic rings. The molecular formula is C15H19F2NO2. The Morgan fingerprint density at radius 2 is 2.10 bits per heavy atom. The highest BCUT2D eigenvalue weighted by Crippen LogP contribution is 2.27. The first-order valence-electron chi connectivity index (χ1n) is 6.90. The number of halogens is 2. The quantitative estimate of drug-likeness (QED) is 0.815. The average Bonchev–Trinajstić information content (AvgIpc) is 2.37. The molecule has 20 heavy (non-hydrogen) atoms. The summed E-state index contributed by atoms with van der Waals surface area (Å²) in [6.07, 6.45) is 3.14. The molecule has 1 aliphatic carbocycles. The van der Waals surface area contributed by atoms with Gasteiger partial charge in [0.2, 0.25) is 0 Å². The van der Waals surface area contributed by atoms with E-state index in [1.807, 2.05) is 4.90 Å². The fraction of sp³-hybridized carbons (Fsp3) is 0.533. The molecular weight excluding hydrogens is 264 g/mol. The topological polar surface area (TPSA) is 40.5 Å². The minimum absolute atomic E-state index is 0.0219. The Morgan fingerprint density at radius 3 is 2.60 bits per heavy atom. The van der Waals surface area contributed by atoms with Crippen LogP contribution in [0.15, 0.2) is 18.2 Å². The summed E-state index contributed by atoms with van der Waals surface area (Å²) in [6, 6.07) is 3.06. The zero-order valence-electron chi connectivity index (χ0n) is 11.5. The highest BCUT2D eigenvalue weighted by atomic mass is 19.2. The van der Waals surface area contributed by atoms with Gasteiger partial charge < -0.3 is 5.11 Å². The summed E-state index contributed by atoms with van der Waals surface area (Å²) in [4.78, 5) is 14.3. The standard InChI is InChI=1S/C15H19F2NO2/c1-10(18(7-8-19)12-3-2-4-12)15(20)11-5-6-13(16)14(17)9-11/h5-6,9-10,12,19H,2-4,7-8H2,1H3. The minimum Gasteiger partial charge on any atom is -0.395 e. The molecule has 0 bridgehead atoms. The molecule has 0 aromatic heterocycles. The maximum Gasteiger partial charge on any atom is 0.179 e. The van der Waals surface area contributed by atoms with Crippen LogP contribution in [-0.2, 0) is 0 Å². The fourth-order valence-electron chi connectivity index (χ4n) is 2.57. The van der Waals surface area contributed by atoms with E-state index in [1.54, 1.807) is 6.92 Å². The number of hydrogen-bond acceptors (Lipinski definition) is 3. The van der Waals surface area contributed by atoms with E-state index in [0.29, 0.717) is 12.6 Å². The maximum absolute atomic E-state index is 13.2. The van der Waals surface area contributed by atoms with Crippen molar-refractivity contribution in [1.82, 2.24) is 4.90 Å². The largest absolute Gasteiger partial charge is 0.395 e. The Hall–Kier alpha value is -1.33. The van der Waals surface area contributed by atoms with Gasteiger partial charge in [0.1, 0.15) is 0 Å². The predicted molar refractivity (Wildman–Crippen MR) is 71.6 cm³/mol. The second-order valence-electron chi connectivity index (χ2n) is 5.22. The number of benzene rings is 1. The summed E-state index contributed by atoms with van der Waals surface area (Å²) in [5, 5.41) is 9.12. The van der Waals surface area contributed by atoms with E-state index in [-0.39, 0.29) is 18.0 Å². The van der Waals surface area contributed by atoms with Crippen LogP contribution in [0.25, 0.3) is 0 Å². The van der Waals surface area contributed by atoms with Crippen LogP contribution in [-0.4, -0.2) is 41.0 Å². The third kappa shape index (κ3) is 3.04. The molecule has 5 heteroatoms. The van der Waals surface area contributed by atoms with E-state index in [4.69, 9.17) is 5.11 Å². The van der Waals surface area contributed by atoms with E-state index in [1.165, 1.54) is 6.07 Å². The maximum atomic E-state index is 13.2. The van der Waals surface area contributed by atoms with Crippen LogP contribution in [0.4, 0.5) is 8.78 Å². The number of Topliss-reactive ketones (excluding diaryl/α,β-unsaturated/α-hetero) is 1. The van der Waals surface area contributed by atoms with Gasteiger partial charge in [0, 0.05) is 18.2 Å². The van der Waals surface area contributed by atoms with Gasteiger partial charge in [-0.1, -0.05) is 6.42 Å². The molecule has 0 aliphatic heterocycles. The van der Waals surface area contributed by atoms with Gasteiger partial charge in [-0.15, -0.1) is 0 Å². The van der Waals surface area contributed by atoms with Crippen molar-refractivity contribution < 1.29 is 18.7 Å². The van der Waals surface area contributed by atoms with Crippen molar-refractivity contribution in [3.05, 3.63) is 35.4 Å². The Kier molecular flexibility index (Phi) is 4.83. The number of carbonyl (C=O) groups excluding carboxylic acids is 1. The summed E-state index contributed by atoms with van der Waals surface area (Å²) >= 11 is 0. The first-order valence-corrected chi connectivity index (χ1v) is 6.90. The number of nitrogens with zero attached hydrogens (tertiary/aromatic N) is 1. The number of hydrogen-bond donors (Lipinski definition) is 1. The molecule has 0 saturated heterocycles. The third-order valence-electron chi connectivity index (χ3n) is 3.98. The number of aliphatic hydroxyl groups is 1. The second kappa shape index (κ2) is 6.41. The van der Waals surface area contributed by atoms with Gasteiger partial charge in [0.15, 0.2) is 17.4 Å².